The van der Waals surface area contributed by atoms with Crippen molar-refractivity contribution in [1.29, 1.82) is 0 Å². The molecule has 0 saturated heterocycles. The zero-order chi connectivity index (χ0) is 21.0. The van der Waals surface area contributed by atoms with E-state index in [0.717, 1.165) is 18.7 Å². The SMILES string of the molecule is COc1ccc(CCNC(=S)NCc2ccccc2COCc2ccccc2)cc1. The van der Waals surface area contributed by atoms with Gasteiger partial charge in [-0.3, -0.25) is 0 Å². The van der Waals surface area contributed by atoms with Crippen LogP contribution in [0, 0.1) is 0 Å². The summed E-state index contributed by atoms with van der Waals surface area (Å²) in [6, 6.07) is 26.6. The number of nitrogens with one attached hydrogen (secondary N) is 2. The molecule has 0 aromatic heterocycles. The number of hydrogen-bond donors (Lipinski definition) is 2. The quantitative estimate of drug-likeness (QED) is 0.469. The van der Waals surface area contributed by atoms with E-state index >= 15 is 0 Å². The second-order valence-corrected chi connectivity index (χ2v) is 7.36. The molecule has 0 bridgehead atoms. The van der Waals surface area contributed by atoms with E-state index in [-0.39, 0.29) is 0 Å². The molecule has 0 aliphatic heterocycles. The summed E-state index contributed by atoms with van der Waals surface area (Å²) in [6.07, 6.45) is 0.899. The molecule has 2 N–H and O–H groups in total. The first kappa shape index (κ1) is 21.8. The van der Waals surface area contributed by atoms with Gasteiger partial charge in [-0.15, -0.1) is 0 Å². The molecule has 5 heteroatoms. The summed E-state index contributed by atoms with van der Waals surface area (Å²) >= 11 is 5.43. The Balaban J connectivity index is 1.40. The van der Waals surface area contributed by atoms with Gasteiger partial charge in [-0.25, -0.2) is 0 Å². The average Bonchev–Trinajstić information content (AvgIpc) is 2.79. The average molecular weight is 421 g/mol. The summed E-state index contributed by atoms with van der Waals surface area (Å²) in [5.74, 6) is 0.871. The molecule has 156 valence electrons. The first-order chi connectivity index (χ1) is 14.7. The van der Waals surface area contributed by atoms with Gasteiger partial charge >= 0.3 is 0 Å². The highest BCUT2D eigenvalue weighted by atomic mass is 32.1. The third kappa shape index (κ3) is 7.17. The van der Waals surface area contributed by atoms with Gasteiger partial charge in [0.15, 0.2) is 5.11 Å². The Bertz CT molecular complexity index is 914. The van der Waals surface area contributed by atoms with Gasteiger partial charge in [0.05, 0.1) is 20.3 Å². The van der Waals surface area contributed by atoms with Crippen LogP contribution in [0.2, 0.25) is 0 Å². The van der Waals surface area contributed by atoms with Gasteiger partial charge in [-0.1, -0.05) is 66.7 Å². The summed E-state index contributed by atoms with van der Waals surface area (Å²) in [6.45, 7) is 2.62. The van der Waals surface area contributed by atoms with E-state index in [1.54, 1.807) is 7.11 Å². The predicted octanol–water partition coefficient (Wildman–Crippen LogP) is 4.62. The van der Waals surface area contributed by atoms with Gasteiger partial charge in [0.1, 0.15) is 5.75 Å². The summed E-state index contributed by atoms with van der Waals surface area (Å²) in [5.41, 5.74) is 4.77. The van der Waals surface area contributed by atoms with E-state index in [1.807, 2.05) is 42.5 Å². The summed E-state index contributed by atoms with van der Waals surface area (Å²) < 4.78 is 11.1. The topological polar surface area (TPSA) is 42.5 Å². The third-order valence-corrected chi connectivity index (χ3v) is 5.07. The highest BCUT2D eigenvalue weighted by Crippen LogP contribution is 2.12. The maximum atomic E-state index is 5.90. The number of ether oxygens (including phenoxy) is 2. The lowest BCUT2D eigenvalue weighted by atomic mass is 10.1. The lowest BCUT2D eigenvalue weighted by Crippen LogP contribution is -2.36. The Hall–Kier alpha value is -2.89. The summed E-state index contributed by atoms with van der Waals surface area (Å²) in [7, 11) is 1.67. The molecule has 0 unspecified atom stereocenters. The van der Waals surface area contributed by atoms with Crippen LogP contribution in [-0.4, -0.2) is 18.8 Å². The van der Waals surface area contributed by atoms with Crippen molar-refractivity contribution in [3.05, 3.63) is 101 Å². The Morgan fingerprint density at radius 3 is 2.20 bits per heavy atom. The highest BCUT2D eigenvalue weighted by molar-refractivity contribution is 7.80. The zero-order valence-corrected chi connectivity index (χ0v) is 18.1. The lowest BCUT2D eigenvalue weighted by Gasteiger charge is -2.14. The number of hydrogen-bond acceptors (Lipinski definition) is 3. The van der Waals surface area contributed by atoms with Crippen LogP contribution in [0.4, 0.5) is 0 Å². The fraction of sp³-hybridized carbons (Fsp3) is 0.240. The van der Waals surface area contributed by atoms with Gasteiger partial charge in [0.2, 0.25) is 0 Å². The summed E-state index contributed by atoms with van der Waals surface area (Å²) in [4.78, 5) is 0. The normalized spacial score (nSPS) is 10.4. The second kappa shape index (κ2) is 12.0. The molecule has 3 aromatic rings. The molecule has 3 rings (SSSR count). The van der Waals surface area contributed by atoms with Crippen molar-refractivity contribution in [1.82, 2.24) is 10.6 Å². The fourth-order valence-corrected chi connectivity index (χ4v) is 3.25. The maximum Gasteiger partial charge on any atom is 0.166 e. The number of methoxy groups -OCH3 is 1. The Labute approximate surface area is 184 Å². The number of benzene rings is 3. The Morgan fingerprint density at radius 1 is 0.767 bits per heavy atom. The van der Waals surface area contributed by atoms with Crippen LogP contribution >= 0.6 is 12.2 Å². The van der Waals surface area contributed by atoms with E-state index in [2.05, 4.69) is 47.0 Å². The number of rotatable bonds is 10. The van der Waals surface area contributed by atoms with Gasteiger partial charge in [-0.05, 0) is 53.0 Å². The minimum absolute atomic E-state index is 0.574. The number of thiocarbonyl (C=S) groups is 1. The monoisotopic (exact) mass is 420 g/mol. The van der Waals surface area contributed by atoms with Crippen molar-refractivity contribution in [2.45, 2.75) is 26.2 Å². The van der Waals surface area contributed by atoms with Crippen molar-refractivity contribution < 1.29 is 9.47 Å². The van der Waals surface area contributed by atoms with Crippen LogP contribution in [-0.2, 0) is 30.9 Å². The van der Waals surface area contributed by atoms with E-state index in [1.165, 1.54) is 22.3 Å². The predicted molar refractivity (Wildman–Crippen MR) is 126 cm³/mol. The first-order valence-corrected chi connectivity index (χ1v) is 10.5. The van der Waals surface area contributed by atoms with Gasteiger partial charge < -0.3 is 20.1 Å². The van der Waals surface area contributed by atoms with Crippen LogP contribution in [0.3, 0.4) is 0 Å². The standard InChI is InChI=1S/C25H28N2O2S/c1-28-24-13-11-20(12-14-24)15-16-26-25(30)27-17-22-9-5-6-10-23(22)19-29-18-21-7-3-2-4-8-21/h2-14H,15-19H2,1H3,(H2,26,27,30). The molecule has 30 heavy (non-hydrogen) atoms. The molecule has 0 aliphatic carbocycles. The van der Waals surface area contributed by atoms with Gasteiger partial charge in [-0.2, -0.15) is 0 Å². The Kier molecular flexibility index (Phi) is 8.69. The third-order valence-electron chi connectivity index (χ3n) is 4.79. The van der Waals surface area contributed by atoms with Gasteiger partial charge in [0, 0.05) is 13.1 Å². The molecular formula is C25H28N2O2S. The van der Waals surface area contributed by atoms with Gasteiger partial charge in [0.25, 0.3) is 0 Å². The Morgan fingerprint density at radius 2 is 1.47 bits per heavy atom. The van der Waals surface area contributed by atoms with E-state index in [9.17, 15) is 0 Å². The van der Waals surface area contributed by atoms with Crippen molar-refractivity contribution >= 4 is 17.3 Å². The molecule has 3 aromatic carbocycles. The molecule has 0 spiro atoms. The zero-order valence-electron chi connectivity index (χ0n) is 17.3. The summed E-state index contributed by atoms with van der Waals surface area (Å²) in [5, 5.41) is 7.22. The van der Waals surface area contributed by atoms with Crippen LogP contribution in [0.25, 0.3) is 0 Å². The van der Waals surface area contributed by atoms with Crippen molar-refractivity contribution in [2.75, 3.05) is 13.7 Å². The molecule has 0 atom stereocenters. The lowest BCUT2D eigenvalue weighted by molar-refractivity contribution is 0.106. The fourth-order valence-electron chi connectivity index (χ4n) is 3.07. The van der Waals surface area contributed by atoms with Crippen LogP contribution in [0.1, 0.15) is 22.3 Å². The van der Waals surface area contributed by atoms with Crippen molar-refractivity contribution in [3.63, 3.8) is 0 Å². The molecule has 0 aliphatic rings. The van der Waals surface area contributed by atoms with Crippen molar-refractivity contribution in [2.24, 2.45) is 0 Å². The molecule has 0 amide bonds. The van der Waals surface area contributed by atoms with E-state index in [0.29, 0.717) is 24.9 Å². The maximum absolute atomic E-state index is 5.90. The minimum atomic E-state index is 0.574. The molecule has 0 heterocycles. The molecule has 0 radical (unpaired) electrons. The largest absolute Gasteiger partial charge is 0.497 e. The van der Waals surface area contributed by atoms with E-state index < -0.39 is 0 Å². The van der Waals surface area contributed by atoms with Crippen molar-refractivity contribution in [3.8, 4) is 5.75 Å². The highest BCUT2D eigenvalue weighted by Gasteiger charge is 2.04. The molecule has 0 saturated carbocycles. The smallest absolute Gasteiger partial charge is 0.166 e. The molecular weight excluding hydrogens is 392 g/mol. The molecule has 0 fully saturated rings. The van der Waals surface area contributed by atoms with Crippen LogP contribution < -0.4 is 15.4 Å². The van der Waals surface area contributed by atoms with Crippen LogP contribution in [0.15, 0.2) is 78.9 Å². The first-order valence-electron chi connectivity index (χ1n) is 10.1. The van der Waals surface area contributed by atoms with E-state index in [4.69, 9.17) is 21.7 Å². The second-order valence-electron chi connectivity index (χ2n) is 6.95. The minimum Gasteiger partial charge on any atom is -0.497 e. The molecule has 4 nitrogen and oxygen atoms in total. The van der Waals surface area contributed by atoms with Crippen LogP contribution in [0.5, 0.6) is 5.75 Å².